The maximum absolute atomic E-state index is 12.2. The summed E-state index contributed by atoms with van der Waals surface area (Å²) in [5.41, 5.74) is 1.67. The van der Waals surface area contributed by atoms with Crippen molar-refractivity contribution in [3.63, 3.8) is 0 Å². The van der Waals surface area contributed by atoms with E-state index in [2.05, 4.69) is 25.7 Å². The fourth-order valence-electron chi connectivity index (χ4n) is 2.26. The molecule has 7 nitrogen and oxygen atoms in total. The van der Waals surface area contributed by atoms with Crippen LogP contribution in [0.15, 0.2) is 35.7 Å². The molecule has 0 saturated carbocycles. The van der Waals surface area contributed by atoms with Crippen LogP contribution < -0.4 is 5.32 Å². The van der Waals surface area contributed by atoms with Crippen LogP contribution in [0.4, 0.5) is 5.69 Å². The quantitative estimate of drug-likeness (QED) is 0.607. The molecule has 3 heterocycles. The highest BCUT2D eigenvalue weighted by Crippen LogP contribution is 2.24. The van der Waals surface area contributed by atoms with Crippen LogP contribution in [0.3, 0.4) is 0 Å². The highest BCUT2D eigenvalue weighted by molar-refractivity contribution is 7.18. The topological polar surface area (TPSA) is 85.6 Å². The average molecular weight is 356 g/mol. The van der Waals surface area contributed by atoms with E-state index in [0.717, 1.165) is 25.8 Å². The summed E-state index contributed by atoms with van der Waals surface area (Å²) in [6.07, 6.45) is 0. The van der Waals surface area contributed by atoms with Crippen molar-refractivity contribution in [2.75, 3.05) is 5.32 Å². The Kier molecular flexibility index (Phi) is 3.79. The van der Waals surface area contributed by atoms with Crippen molar-refractivity contribution in [3.05, 3.63) is 40.7 Å². The zero-order chi connectivity index (χ0) is 16.5. The molecule has 0 fully saturated rings. The fourth-order valence-corrected chi connectivity index (χ4v) is 3.78. The van der Waals surface area contributed by atoms with Gasteiger partial charge in [0.1, 0.15) is 6.54 Å². The van der Waals surface area contributed by atoms with Crippen molar-refractivity contribution >= 4 is 44.5 Å². The Morgan fingerprint density at radius 1 is 1.33 bits per heavy atom. The third-order valence-electron chi connectivity index (χ3n) is 3.26. The molecule has 24 heavy (non-hydrogen) atoms. The van der Waals surface area contributed by atoms with Gasteiger partial charge in [0.15, 0.2) is 0 Å². The molecule has 0 aliphatic heterocycles. The van der Waals surface area contributed by atoms with Gasteiger partial charge in [-0.1, -0.05) is 6.07 Å². The van der Waals surface area contributed by atoms with Crippen molar-refractivity contribution in [1.82, 2.24) is 25.2 Å². The zero-order valence-electron chi connectivity index (χ0n) is 12.6. The van der Waals surface area contributed by atoms with Gasteiger partial charge < -0.3 is 5.32 Å². The minimum absolute atomic E-state index is 0.0120. The zero-order valence-corrected chi connectivity index (χ0v) is 14.3. The van der Waals surface area contributed by atoms with Crippen molar-refractivity contribution in [3.8, 4) is 10.7 Å². The summed E-state index contributed by atoms with van der Waals surface area (Å²) in [7, 11) is 0. The molecule has 0 saturated heterocycles. The van der Waals surface area contributed by atoms with E-state index < -0.39 is 0 Å². The number of benzene rings is 1. The molecule has 0 bridgehead atoms. The molecule has 3 aromatic heterocycles. The van der Waals surface area contributed by atoms with Crippen molar-refractivity contribution < 1.29 is 4.79 Å². The molecule has 0 aliphatic carbocycles. The van der Waals surface area contributed by atoms with Crippen LogP contribution >= 0.6 is 22.7 Å². The van der Waals surface area contributed by atoms with Crippen molar-refractivity contribution in [2.24, 2.45) is 0 Å². The summed E-state index contributed by atoms with van der Waals surface area (Å²) < 4.78 is 1.05. The number of thiophene rings is 1. The lowest BCUT2D eigenvalue weighted by atomic mass is 10.3. The lowest BCUT2D eigenvalue weighted by molar-refractivity contribution is -0.117. The Balaban J connectivity index is 1.45. The van der Waals surface area contributed by atoms with Gasteiger partial charge in [-0.15, -0.1) is 32.9 Å². The number of nitrogens with zero attached hydrogens (tertiary/aromatic N) is 5. The van der Waals surface area contributed by atoms with Gasteiger partial charge >= 0.3 is 0 Å². The first-order valence-electron chi connectivity index (χ1n) is 7.16. The Bertz CT molecular complexity index is 1000. The predicted molar refractivity (Wildman–Crippen MR) is 94.1 cm³/mol. The molecule has 4 rings (SSSR count). The van der Waals surface area contributed by atoms with Gasteiger partial charge in [-0.3, -0.25) is 4.79 Å². The average Bonchev–Trinajstić information content (AvgIpc) is 3.25. The minimum atomic E-state index is -0.203. The number of thiazole rings is 1. The molecule has 9 heteroatoms. The molecule has 120 valence electrons. The smallest absolute Gasteiger partial charge is 0.248 e. The number of nitrogens with one attached hydrogen (secondary N) is 1. The number of carbonyl (C=O) groups is 1. The normalized spacial score (nSPS) is 11.0. The molecule has 0 atom stereocenters. The number of amides is 1. The van der Waals surface area contributed by atoms with Crippen LogP contribution in [-0.4, -0.2) is 31.1 Å². The van der Waals surface area contributed by atoms with Gasteiger partial charge in [0.25, 0.3) is 0 Å². The summed E-state index contributed by atoms with van der Waals surface area (Å²) >= 11 is 3.13. The first kappa shape index (κ1) is 14.9. The van der Waals surface area contributed by atoms with Crippen LogP contribution in [0, 0.1) is 6.92 Å². The second-order valence-corrected chi connectivity index (χ2v) is 7.27. The first-order valence-corrected chi connectivity index (χ1v) is 8.86. The number of aryl methyl sites for hydroxylation is 1. The highest BCUT2D eigenvalue weighted by Gasteiger charge is 2.11. The lowest BCUT2D eigenvalue weighted by Crippen LogP contribution is -2.20. The van der Waals surface area contributed by atoms with E-state index in [1.807, 2.05) is 42.6 Å². The second kappa shape index (κ2) is 6.10. The summed E-state index contributed by atoms with van der Waals surface area (Å²) in [6.45, 7) is 1.97. The largest absolute Gasteiger partial charge is 0.324 e. The maximum Gasteiger partial charge on any atom is 0.248 e. The standard InChI is InChI=1S/C15H12N6OS2/c1-9-16-11-5-4-10(7-13(11)24-9)17-14(22)8-21-19-15(18-20-21)12-3-2-6-23-12/h2-7H,8H2,1H3,(H,17,22). The summed E-state index contributed by atoms with van der Waals surface area (Å²) in [6, 6.07) is 9.50. The van der Waals surface area contributed by atoms with E-state index in [1.165, 1.54) is 16.1 Å². The third-order valence-corrected chi connectivity index (χ3v) is 5.06. The van der Waals surface area contributed by atoms with Crippen LogP contribution in [0.1, 0.15) is 5.01 Å². The SMILES string of the molecule is Cc1nc2ccc(NC(=O)Cn3nnc(-c4cccs4)n3)cc2s1. The number of hydrogen-bond acceptors (Lipinski definition) is 7. The number of hydrogen-bond donors (Lipinski definition) is 1. The van der Waals surface area contributed by atoms with E-state index in [9.17, 15) is 4.79 Å². The van der Waals surface area contributed by atoms with Gasteiger partial charge in [-0.25, -0.2) is 4.98 Å². The number of rotatable bonds is 4. The van der Waals surface area contributed by atoms with Crippen LogP contribution in [0.2, 0.25) is 0 Å². The summed E-state index contributed by atoms with van der Waals surface area (Å²) in [4.78, 5) is 18.8. The van der Waals surface area contributed by atoms with Gasteiger partial charge in [0.2, 0.25) is 11.7 Å². The van der Waals surface area contributed by atoms with Crippen molar-refractivity contribution in [1.29, 1.82) is 0 Å². The number of fused-ring (bicyclic) bond motifs is 1. The third kappa shape index (κ3) is 3.03. The van der Waals surface area contributed by atoms with E-state index in [0.29, 0.717) is 5.82 Å². The molecular formula is C15H12N6OS2. The van der Waals surface area contributed by atoms with E-state index in [-0.39, 0.29) is 12.5 Å². The molecule has 0 aliphatic rings. The molecular weight excluding hydrogens is 344 g/mol. The monoisotopic (exact) mass is 356 g/mol. The molecule has 4 aromatic rings. The van der Waals surface area contributed by atoms with Crippen molar-refractivity contribution in [2.45, 2.75) is 13.5 Å². The Labute approximate surface area is 145 Å². The Hall–Kier alpha value is -2.65. The molecule has 0 spiro atoms. The summed E-state index contributed by atoms with van der Waals surface area (Å²) in [5.74, 6) is 0.324. The number of aromatic nitrogens is 5. The van der Waals surface area contributed by atoms with Gasteiger partial charge in [-0.2, -0.15) is 4.80 Å². The van der Waals surface area contributed by atoms with Crippen LogP contribution in [0.25, 0.3) is 20.9 Å². The number of tetrazole rings is 1. The van der Waals surface area contributed by atoms with Crippen LogP contribution in [0.5, 0.6) is 0 Å². The molecule has 1 N–H and O–H groups in total. The molecule has 0 unspecified atom stereocenters. The van der Waals surface area contributed by atoms with E-state index in [4.69, 9.17) is 0 Å². The van der Waals surface area contributed by atoms with Crippen LogP contribution in [-0.2, 0) is 11.3 Å². The van der Waals surface area contributed by atoms with Gasteiger partial charge in [0, 0.05) is 5.69 Å². The molecule has 0 radical (unpaired) electrons. The summed E-state index contributed by atoms with van der Waals surface area (Å²) in [5, 5.41) is 17.9. The highest BCUT2D eigenvalue weighted by atomic mass is 32.1. The second-order valence-electron chi connectivity index (χ2n) is 5.08. The Morgan fingerprint density at radius 2 is 2.25 bits per heavy atom. The fraction of sp³-hybridized carbons (Fsp3) is 0.133. The molecule has 1 amide bonds. The maximum atomic E-state index is 12.2. The lowest BCUT2D eigenvalue weighted by Gasteiger charge is -2.04. The molecule has 1 aromatic carbocycles. The van der Waals surface area contributed by atoms with E-state index in [1.54, 1.807) is 11.3 Å². The predicted octanol–water partition coefficient (Wildman–Crippen LogP) is 2.96. The van der Waals surface area contributed by atoms with E-state index >= 15 is 0 Å². The first-order chi connectivity index (χ1) is 11.7. The number of anilines is 1. The minimum Gasteiger partial charge on any atom is -0.324 e. The Morgan fingerprint density at radius 3 is 3.08 bits per heavy atom. The van der Waals surface area contributed by atoms with Gasteiger partial charge in [0.05, 0.1) is 20.1 Å². The number of carbonyl (C=O) groups excluding carboxylic acids is 1. The van der Waals surface area contributed by atoms with Gasteiger partial charge in [-0.05, 0) is 41.8 Å².